The molecule has 0 spiro atoms. The summed E-state index contributed by atoms with van der Waals surface area (Å²) in [6.07, 6.45) is 1.15. The Kier molecular flexibility index (Phi) is 3.37. The Morgan fingerprint density at radius 3 is 2.54 bits per heavy atom. The van der Waals surface area contributed by atoms with Gasteiger partial charge >= 0.3 is 0 Å². The van der Waals surface area contributed by atoms with Crippen molar-refractivity contribution < 1.29 is 8.78 Å². The van der Waals surface area contributed by atoms with Crippen molar-refractivity contribution >= 4 is 0 Å². The fraction of sp³-hybridized carbons (Fsp3) is 0.400. The van der Waals surface area contributed by atoms with Gasteiger partial charge in [0.25, 0.3) is 0 Å². The summed E-state index contributed by atoms with van der Waals surface area (Å²) in [6.45, 7) is 2.00. The Labute approximate surface area is 76.6 Å². The molecule has 0 heterocycles. The molecule has 1 aromatic rings. The Balaban J connectivity index is 3.13. The average molecular weight is 185 g/mol. The normalized spacial score (nSPS) is 10.5. The highest BCUT2D eigenvalue weighted by Gasteiger charge is 2.11. The third kappa shape index (κ3) is 2.04. The Morgan fingerprint density at radius 2 is 2.00 bits per heavy atom. The zero-order chi connectivity index (χ0) is 9.84. The van der Waals surface area contributed by atoms with Gasteiger partial charge in [0.15, 0.2) is 0 Å². The second-order valence-corrected chi connectivity index (χ2v) is 2.95. The maximum atomic E-state index is 13.4. The van der Waals surface area contributed by atoms with E-state index in [9.17, 15) is 8.78 Å². The number of benzene rings is 1. The lowest BCUT2D eigenvalue weighted by Gasteiger charge is -2.06. The van der Waals surface area contributed by atoms with Gasteiger partial charge in [-0.1, -0.05) is 19.4 Å². The van der Waals surface area contributed by atoms with Crippen molar-refractivity contribution in [2.45, 2.75) is 26.3 Å². The van der Waals surface area contributed by atoms with Gasteiger partial charge in [-0.2, -0.15) is 0 Å². The summed E-state index contributed by atoms with van der Waals surface area (Å²) >= 11 is 0. The highest BCUT2D eigenvalue weighted by atomic mass is 19.1. The molecule has 0 aromatic heterocycles. The molecule has 2 N–H and O–H groups in total. The first kappa shape index (κ1) is 10.1. The number of rotatable bonds is 3. The molecule has 0 bridgehead atoms. The fourth-order valence-electron chi connectivity index (χ4n) is 1.28. The van der Waals surface area contributed by atoms with Gasteiger partial charge in [-0.05, 0) is 12.5 Å². The number of nitrogens with two attached hydrogens (primary N) is 1. The highest BCUT2D eigenvalue weighted by Crippen LogP contribution is 2.17. The van der Waals surface area contributed by atoms with Crippen molar-refractivity contribution in [1.82, 2.24) is 0 Å². The molecular weight excluding hydrogens is 172 g/mol. The van der Waals surface area contributed by atoms with Crippen LogP contribution in [0.15, 0.2) is 12.1 Å². The molecule has 1 aromatic carbocycles. The molecule has 3 heteroatoms. The van der Waals surface area contributed by atoms with Crippen LogP contribution in [-0.4, -0.2) is 0 Å². The Bertz CT molecular complexity index is 297. The summed E-state index contributed by atoms with van der Waals surface area (Å²) in [5, 5.41) is 0. The lowest BCUT2D eigenvalue weighted by atomic mass is 10.0. The summed E-state index contributed by atoms with van der Waals surface area (Å²) in [6, 6.07) is 2.67. The molecule has 0 unspecified atom stereocenters. The van der Waals surface area contributed by atoms with Gasteiger partial charge in [-0.25, -0.2) is 8.78 Å². The van der Waals surface area contributed by atoms with Crippen molar-refractivity contribution in [2.24, 2.45) is 5.73 Å². The molecule has 0 saturated carbocycles. The van der Waals surface area contributed by atoms with Crippen LogP contribution in [0.3, 0.4) is 0 Å². The smallest absolute Gasteiger partial charge is 0.133 e. The van der Waals surface area contributed by atoms with Crippen molar-refractivity contribution in [3.8, 4) is 0 Å². The summed E-state index contributed by atoms with van der Waals surface area (Å²) in [7, 11) is 0. The topological polar surface area (TPSA) is 26.0 Å². The van der Waals surface area contributed by atoms with Gasteiger partial charge in [0.2, 0.25) is 0 Å². The maximum Gasteiger partial charge on any atom is 0.133 e. The fourth-order valence-corrected chi connectivity index (χ4v) is 1.28. The molecule has 0 aliphatic heterocycles. The zero-order valence-electron chi connectivity index (χ0n) is 7.61. The standard InChI is InChI=1S/C10H13F2N/c1-2-3-8-9(11)5-4-7(6-13)10(8)12/h4-5H,2-3,6,13H2,1H3. The van der Waals surface area contributed by atoms with Gasteiger partial charge < -0.3 is 5.73 Å². The van der Waals surface area contributed by atoms with Crippen LogP contribution in [0.4, 0.5) is 8.78 Å². The summed E-state index contributed by atoms with van der Waals surface area (Å²) in [5.74, 6) is -0.957. The molecule has 0 radical (unpaired) electrons. The Hall–Kier alpha value is -0.960. The minimum Gasteiger partial charge on any atom is -0.326 e. The van der Waals surface area contributed by atoms with Gasteiger partial charge in [-0.15, -0.1) is 0 Å². The molecule has 0 aliphatic carbocycles. The minimum atomic E-state index is -0.482. The van der Waals surface area contributed by atoms with E-state index in [1.54, 1.807) is 0 Å². The molecule has 1 rings (SSSR count). The molecule has 0 fully saturated rings. The van der Waals surface area contributed by atoms with E-state index < -0.39 is 11.6 Å². The molecule has 0 atom stereocenters. The quantitative estimate of drug-likeness (QED) is 0.768. The third-order valence-corrected chi connectivity index (χ3v) is 1.99. The average Bonchev–Trinajstić information content (AvgIpc) is 2.12. The molecular formula is C10H13F2N. The zero-order valence-corrected chi connectivity index (χ0v) is 7.61. The van der Waals surface area contributed by atoms with Crippen LogP contribution >= 0.6 is 0 Å². The first-order valence-corrected chi connectivity index (χ1v) is 4.36. The highest BCUT2D eigenvalue weighted by molar-refractivity contribution is 5.27. The van der Waals surface area contributed by atoms with E-state index in [-0.39, 0.29) is 12.1 Å². The molecule has 13 heavy (non-hydrogen) atoms. The monoisotopic (exact) mass is 185 g/mol. The van der Waals surface area contributed by atoms with Crippen molar-refractivity contribution in [2.75, 3.05) is 0 Å². The predicted molar refractivity (Wildman–Crippen MR) is 48.2 cm³/mol. The first-order valence-electron chi connectivity index (χ1n) is 4.36. The molecule has 0 aliphatic rings. The van der Waals surface area contributed by atoms with Crippen LogP contribution in [0.2, 0.25) is 0 Å². The summed E-state index contributed by atoms with van der Waals surface area (Å²) in [4.78, 5) is 0. The van der Waals surface area contributed by atoms with Crippen LogP contribution in [0, 0.1) is 11.6 Å². The summed E-state index contributed by atoms with van der Waals surface area (Å²) < 4.78 is 26.5. The molecule has 72 valence electrons. The SMILES string of the molecule is CCCc1c(F)ccc(CN)c1F. The number of hydrogen-bond acceptors (Lipinski definition) is 1. The second-order valence-electron chi connectivity index (χ2n) is 2.95. The van der Waals surface area contributed by atoms with Gasteiger partial charge in [0.1, 0.15) is 11.6 Å². The third-order valence-electron chi connectivity index (χ3n) is 1.99. The van der Waals surface area contributed by atoms with E-state index in [0.29, 0.717) is 12.0 Å². The molecule has 0 saturated heterocycles. The van der Waals surface area contributed by atoms with E-state index in [4.69, 9.17) is 5.73 Å². The first-order chi connectivity index (χ1) is 6.20. The van der Waals surface area contributed by atoms with Gasteiger partial charge in [0.05, 0.1) is 0 Å². The van der Waals surface area contributed by atoms with E-state index >= 15 is 0 Å². The minimum absolute atomic E-state index is 0.114. The van der Waals surface area contributed by atoms with E-state index in [2.05, 4.69) is 0 Å². The van der Waals surface area contributed by atoms with Crippen LogP contribution in [0.5, 0.6) is 0 Å². The van der Waals surface area contributed by atoms with Crippen LogP contribution < -0.4 is 5.73 Å². The van der Waals surface area contributed by atoms with Gasteiger partial charge in [0, 0.05) is 17.7 Å². The second kappa shape index (κ2) is 4.33. The predicted octanol–water partition coefficient (Wildman–Crippen LogP) is 2.38. The molecule has 0 amide bonds. The molecule has 1 nitrogen and oxygen atoms in total. The van der Waals surface area contributed by atoms with E-state index in [1.165, 1.54) is 12.1 Å². The van der Waals surface area contributed by atoms with Gasteiger partial charge in [-0.3, -0.25) is 0 Å². The number of halogens is 2. The number of hydrogen-bond donors (Lipinski definition) is 1. The van der Waals surface area contributed by atoms with E-state index in [0.717, 1.165) is 6.42 Å². The van der Waals surface area contributed by atoms with Crippen molar-refractivity contribution in [3.05, 3.63) is 34.9 Å². The summed E-state index contributed by atoms with van der Waals surface area (Å²) in [5.41, 5.74) is 5.84. The van der Waals surface area contributed by atoms with Crippen LogP contribution in [0.1, 0.15) is 24.5 Å². The largest absolute Gasteiger partial charge is 0.326 e. The van der Waals surface area contributed by atoms with Crippen LogP contribution in [0.25, 0.3) is 0 Å². The lowest BCUT2D eigenvalue weighted by molar-refractivity contribution is 0.543. The van der Waals surface area contributed by atoms with Crippen molar-refractivity contribution in [3.63, 3.8) is 0 Å². The van der Waals surface area contributed by atoms with Crippen LogP contribution in [-0.2, 0) is 13.0 Å². The maximum absolute atomic E-state index is 13.4. The Morgan fingerprint density at radius 1 is 1.31 bits per heavy atom. The van der Waals surface area contributed by atoms with Crippen molar-refractivity contribution in [1.29, 1.82) is 0 Å². The van der Waals surface area contributed by atoms with E-state index in [1.807, 2.05) is 6.92 Å². The lowest BCUT2D eigenvalue weighted by Crippen LogP contribution is -2.04.